The van der Waals surface area contributed by atoms with E-state index in [9.17, 15) is 4.79 Å². The molecule has 2 rings (SSSR count). The summed E-state index contributed by atoms with van der Waals surface area (Å²) >= 11 is 0. The maximum absolute atomic E-state index is 12.1. The number of carbonyl (C=O) groups excluding carboxylic acids is 1. The Bertz CT molecular complexity index is 671. The highest BCUT2D eigenvalue weighted by Gasteiger charge is 2.10. The average Bonchev–Trinajstić information content (AvgIpc) is 2.68. The van der Waals surface area contributed by atoms with E-state index in [1.807, 2.05) is 50.7 Å². The van der Waals surface area contributed by atoms with Crippen LogP contribution in [0.2, 0.25) is 0 Å². The number of hydrogen-bond acceptors (Lipinski definition) is 2. The Kier molecular flexibility index (Phi) is 4.46. The highest BCUT2D eigenvalue weighted by atomic mass is 16.1. The smallest absolute Gasteiger partial charge is 0.251 e. The molecule has 0 spiro atoms. The Morgan fingerprint density at radius 2 is 1.90 bits per heavy atom. The van der Waals surface area contributed by atoms with Crippen molar-refractivity contribution in [1.82, 2.24) is 15.1 Å². The Morgan fingerprint density at radius 1 is 1.19 bits per heavy atom. The number of rotatable bonds is 4. The van der Waals surface area contributed by atoms with Gasteiger partial charge in [-0.25, -0.2) is 0 Å². The number of nitrogens with one attached hydrogen (secondary N) is 1. The van der Waals surface area contributed by atoms with Crippen LogP contribution in [0, 0.1) is 27.7 Å². The van der Waals surface area contributed by atoms with Crippen molar-refractivity contribution in [2.75, 3.05) is 6.54 Å². The standard InChI is InChI=1S/C17H23N3O/c1-11-6-7-15(10-12(11)2)17(21)18-9-8-16-13(3)19-20(5)14(16)4/h6-7,10H,8-9H2,1-5H3,(H,18,21). The van der Waals surface area contributed by atoms with E-state index in [0.29, 0.717) is 6.54 Å². The first-order chi connectivity index (χ1) is 9.90. The van der Waals surface area contributed by atoms with Crippen LogP contribution in [0.4, 0.5) is 0 Å². The SMILES string of the molecule is Cc1ccc(C(=O)NCCc2c(C)nn(C)c2C)cc1C. The summed E-state index contributed by atoms with van der Waals surface area (Å²) in [6, 6.07) is 5.79. The molecular formula is C17H23N3O. The van der Waals surface area contributed by atoms with Gasteiger partial charge in [0.2, 0.25) is 0 Å². The Hall–Kier alpha value is -2.10. The zero-order valence-electron chi connectivity index (χ0n) is 13.4. The van der Waals surface area contributed by atoms with Crippen molar-refractivity contribution in [2.24, 2.45) is 7.05 Å². The van der Waals surface area contributed by atoms with Gasteiger partial charge in [-0.15, -0.1) is 0 Å². The Morgan fingerprint density at radius 3 is 2.48 bits per heavy atom. The Balaban J connectivity index is 1.97. The van der Waals surface area contributed by atoms with Crippen molar-refractivity contribution in [3.05, 3.63) is 51.8 Å². The number of nitrogens with zero attached hydrogens (tertiary/aromatic N) is 2. The second kappa shape index (κ2) is 6.12. The number of hydrogen-bond donors (Lipinski definition) is 1. The highest BCUT2D eigenvalue weighted by molar-refractivity contribution is 5.94. The zero-order chi connectivity index (χ0) is 15.6. The van der Waals surface area contributed by atoms with Crippen LogP contribution in [0.25, 0.3) is 0 Å². The van der Waals surface area contributed by atoms with Crippen LogP contribution >= 0.6 is 0 Å². The zero-order valence-corrected chi connectivity index (χ0v) is 13.4. The van der Waals surface area contributed by atoms with Gasteiger partial charge in [-0.05, 0) is 62.9 Å². The number of benzene rings is 1. The fourth-order valence-corrected chi connectivity index (χ4v) is 2.47. The van der Waals surface area contributed by atoms with Crippen molar-refractivity contribution in [3.8, 4) is 0 Å². The quantitative estimate of drug-likeness (QED) is 0.938. The molecule has 21 heavy (non-hydrogen) atoms. The maximum atomic E-state index is 12.1. The van der Waals surface area contributed by atoms with Gasteiger partial charge < -0.3 is 5.32 Å². The maximum Gasteiger partial charge on any atom is 0.251 e. The van der Waals surface area contributed by atoms with Gasteiger partial charge in [-0.1, -0.05) is 6.07 Å². The summed E-state index contributed by atoms with van der Waals surface area (Å²) in [6.07, 6.45) is 0.808. The predicted octanol–water partition coefficient (Wildman–Crippen LogP) is 2.63. The van der Waals surface area contributed by atoms with Crippen LogP contribution in [0.3, 0.4) is 0 Å². The van der Waals surface area contributed by atoms with Gasteiger partial charge in [0, 0.05) is 24.8 Å². The first-order valence-electron chi connectivity index (χ1n) is 7.24. The van der Waals surface area contributed by atoms with Crippen molar-refractivity contribution >= 4 is 5.91 Å². The molecule has 0 fully saturated rings. The molecule has 0 radical (unpaired) electrons. The molecule has 1 aromatic carbocycles. The van der Waals surface area contributed by atoms with Crippen molar-refractivity contribution in [2.45, 2.75) is 34.1 Å². The molecule has 0 aliphatic rings. The Labute approximate surface area is 126 Å². The molecule has 0 saturated carbocycles. The monoisotopic (exact) mass is 285 g/mol. The van der Waals surface area contributed by atoms with Crippen LogP contribution in [-0.2, 0) is 13.5 Å². The lowest BCUT2D eigenvalue weighted by Gasteiger charge is -2.07. The second-order valence-electron chi connectivity index (χ2n) is 5.58. The minimum Gasteiger partial charge on any atom is -0.352 e. The molecule has 1 N–H and O–H groups in total. The number of carbonyl (C=O) groups is 1. The van der Waals surface area contributed by atoms with E-state index in [0.717, 1.165) is 28.9 Å². The first-order valence-corrected chi connectivity index (χ1v) is 7.24. The topological polar surface area (TPSA) is 46.9 Å². The minimum atomic E-state index is -0.0164. The van der Waals surface area contributed by atoms with Crippen molar-refractivity contribution < 1.29 is 4.79 Å². The highest BCUT2D eigenvalue weighted by Crippen LogP contribution is 2.12. The van der Waals surface area contributed by atoms with Crippen LogP contribution in [-0.4, -0.2) is 22.2 Å². The molecule has 1 aromatic heterocycles. The van der Waals surface area contributed by atoms with Crippen LogP contribution in [0.5, 0.6) is 0 Å². The van der Waals surface area contributed by atoms with E-state index in [1.165, 1.54) is 11.1 Å². The van der Waals surface area contributed by atoms with Gasteiger partial charge in [0.05, 0.1) is 5.69 Å². The second-order valence-corrected chi connectivity index (χ2v) is 5.58. The largest absolute Gasteiger partial charge is 0.352 e. The molecule has 0 unspecified atom stereocenters. The van der Waals surface area contributed by atoms with Gasteiger partial charge in [0.25, 0.3) is 5.91 Å². The van der Waals surface area contributed by atoms with Gasteiger partial charge >= 0.3 is 0 Å². The third kappa shape index (κ3) is 3.32. The fraction of sp³-hybridized carbons (Fsp3) is 0.412. The van der Waals surface area contributed by atoms with Crippen LogP contribution in [0.1, 0.15) is 38.4 Å². The van der Waals surface area contributed by atoms with Gasteiger partial charge in [0.1, 0.15) is 0 Å². The molecule has 0 atom stereocenters. The molecular weight excluding hydrogens is 262 g/mol. The third-order valence-corrected chi connectivity index (χ3v) is 4.09. The third-order valence-electron chi connectivity index (χ3n) is 4.09. The summed E-state index contributed by atoms with van der Waals surface area (Å²) in [7, 11) is 1.94. The minimum absolute atomic E-state index is 0.0164. The molecule has 0 aliphatic carbocycles. The lowest BCUT2D eigenvalue weighted by atomic mass is 10.1. The molecule has 4 heteroatoms. The van der Waals surface area contributed by atoms with Gasteiger partial charge in [-0.2, -0.15) is 5.10 Å². The fourth-order valence-electron chi connectivity index (χ4n) is 2.47. The lowest BCUT2D eigenvalue weighted by molar-refractivity contribution is 0.0954. The van der Waals surface area contributed by atoms with Crippen LogP contribution < -0.4 is 5.32 Å². The molecule has 0 bridgehead atoms. The summed E-state index contributed by atoms with van der Waals surface area (Å²) in [6.45, 7) is 8.76. The predicted molar refractivity (Wildman–Crippen MR) is 84.6 cm³/mol. The number of aromatic nitrogens is 2. The summed E-state index contributed by atoms with van der Waals surface area (Å²) in [5.41, 5.74) is 6.48. The van der Waals surface area contributed by atoms with E-state index >= 15 is 0 Å². The van der Waals surface area contributed by atoms with Crippen molar-refractivity contribution in [1.29, 1.82) is 0 Å². The molecule has 2 aromatic rings. The first kappa shape index (κ1) is 15.3. The number of aryl methyl sites for hydroxylation is 4. The molecule has 0 saturated heterocycles. The summed E-state index contributed by atoms with van der Waals surface area (Å²) in [5, 5.41) is 7.37. The summed E-state index contributed by atoms with van der Waals surface area (Å²) in [5.74, 6) is -0.0164. The van der Waals surface area contributed by atoms with E-state index < -0.39 is 0 Å². The van der Waals surface area contributed by atoms with Crippen molar-refractivity contribution in [3.63, 3.8) is 0 Å². The molecule has 4 nitrogen and oxygen atoms in total. The summed E-state index contributed by atoms with van der Waals surface area (Å²) < 4.78 is 1.88. The van der Waals surface area contributed by atoms with Gasteiger partial charge in [-0.3, -0.25) is 9.48 Å². The summed E-state index contributed by atoms with van der Waals surface area (Å²) in [4.78, 5) is 12.1. The lowest BCUT2D eigenvalue weighted by Crippen LogP contribution is -2.26. The molecule has 1 amide bonds. The number of amides is 1. The normalized spacial score (nSPS) is 10.7. The van der Waals surface area contributed by atoms with Crippen LogP contribution in [0.15, 0.2) is 18.2 Å². The molecule has 112 valence electrons. The van der Waals surface area contributed by atoms with E-state index in [-0.39, 0.29) is 5.91 Å². The molecule has 0 aliphatic heterocycles. The van der Waals surface area contributed by atoms with E-state index in [2.05, 4.69) is 17.3 Å². The van der Waals surface area contributed by atoms with Gasteiger partial charge in [0.15, 0.2) is 0 Å². The molecule has 1 heterocycles. The van der Waals surface area contributed by atoms with E-state index in [1.54, 1.807) is 0 Å². The van der Waals surface area contributed by atoms with E-state index in [4.69, 9.17) is 0 Å². The average molecular weight is 285 g/mol.